The van der Waals surface area contributed by atoms with Crippen LogP contribution >= 0.6 is 0 Å². The number of sulfonamides is 1. The van der Waals surface area contributed by atoms with Crippen molar-refractivity contribution in [2.45, 2.75) is 37.0 Å². The Morgan fingerprint density at radius 1 is 1.60 bits per heavy atom. The van der Waals surface area contributed by atoms with Crippen LogP contribution in [0, 0.1) is 5.92 Å². The lowest BCUT2D eigenvalue weighted by Gasteiger charge is -2.23. The highest BCUT2D eigenvalue weighted by atomic mass is 32.2. The average molecular weight is 233 g/mol. The van der Waals surface area contributed by atoms with E-state index >= 15 is 0 Å². The van der Waals surface area contributed by atoms with Crippen LogP contribution in [0.15, 0.2) is 12.7 Å². The van der Waals surface area contributed by atoms with E-state index in [4.69, 9.17) is 9.88 Å². The van der Waals surface area contributed by atoms with Gasteiger partial charge in [0, 0.05) is 7.11 Å². The Hall–Kier alpha value is -0.390. The van der Waals surface area contributed by atoms with E-state index in [0.29, 0.717) is 18.8 Å². The van der Waals surface area contributed by atoms with Crippen LogP contribution in [0.3, 0.4) is 0 Å². The molecule has 0 unspecified atom stereocenters. The largest absolute Gasteiger partial charge is 0.380 e. The van der Waals surface area contributed by atoms with Gasteiger partial charge in [-0.3, -0.25) is 0 Å². The van der Waals surface area contributed by atoms with Crippen molar-refractivity contribution in [1.82, 2.24) is 0 Å². The molecular weight excluding hydrogens is 214 g/mol. The Bertz CT molecular complexity index is 309. The van der Waals surface area contributed by atoms with E-state index < -0.39 is 15.3 Å². The number of methoxy groups -OCH3 is 1. The van der Waals surface area contributed by atoms with Crippen LogP contribution in [-0.2, 0) is 14.8 Å². The van der Waals surface area contributed by atoms with E-state index in [1.54, 1.807) is 6.08 Å². The van der Waals surface area contributed by atoms with Crippen LogP contribution in [0.5, 0.6) is 0 Å². The summed E-state index contributed by atoms with van der Waals surface area (Å²) in [4.78, 5) is 0. The number of ether oxygens (including phenoxy) is 1. The SMILES string of the molecule is C=CC[C@H](OC)[C@@H](CC1CC1)S(N)(=O)=O. The Balaban J connectivity index is 2.71. The quantitative estimate of drug-likeness (QED) is 0.668. The summed E-state index contributed by atoms with van der Waals surface area (Å²) >= 11 is 0. The highest BCUT2D eigenvalue weighted by Gasteiger charge is 2.36. The van der Waals surface area contributed by atoms with Crippen LogP contribution in [0.2, 0.25) is 0 Å². The number of rotatable bonds is 7. The smallest absolute Gasteiger partial charge is 0.214 e. The fourth-order valence-electron chi connectivity index (χ4n) is 1.74. The summed E-state index contributed by atoms with van der Waals surface area (Å²) in [7, 11) is -2.01. The van der Waals surface area contributed by atoms with Crippen molar-refractivity contribution in [3.05, 3.63) is 12.7 Å². The first-order valence-corrected chi connectivity index (χ1v) is 6.75. The van der Waals surface area contributed by atoms with Crippen LogP contribution in [-0.4, -0.2) is 26.9 Å². The summed E-state index contributed by atoms with van der Waals surface area (Å²) in [6.07, 6.45) is 4.65. The second-order valence-corrected chi connectivity index (χ2v) is 5.89. The van der Waals surface area contributed by atoms with E-state index in [2.05, 4.69) is 6.58 Å². The number of nitrogens with two attached hydrogens (primary N) is 1. The zero-order chi connectivity index (χ0) is 11.5. The molecule has 1 aliphatic rings. The van der Waals surface area contributed by atoms with Crippen molar-refractivity contribution in [2.75, 3.05) is 7.11 Å². The third-order valence-electron chi connectivity index (χ3n) is 2.80. The van der Waals surface area contributed by atoms with Gasteiger partial charge >= 0.3 is 0 Å². The predicted molar refractivity (Wildman–Crippen MR) is 59.8 cm³/mol. The minimum atomic E-state index is -3.53. The van der Waals surface area contributed by atoms with Crippen LogP contribution in [0.25, 0.3) is 0 Å². The molecule has 0 heterocycles. The fourth-order valence-corrected chi connectivity index (χ4v) is 2.93. The van der Waals surface area contributed by atoms with Crippen molar-refractivity contribution >= 4 is 10.0 Å². The molecule has 0 bridgehead atoms. The maximum absolute atomic E-state index is 11.4. The molecule has 88 valence electrons. The summed E-state index contributed by atoms with van der Waals surface area (Å²) in [6.45, 7) is 3.59. The lowest BCUT2D eigenvalue weighted by Crippen LogP contribution is -2.39. The van der Waals surface area contributed by atoms with E-state index in [1.165, 1.54) is 7.11 Å². The van der Waals surface area contributed by atoms with Crippen molar-refractivity contribution in [2.24, 2.45) is 11.1 Å². The molecule has 0 saturated heterocycles. The number of hydrogen-bond acceptors (Lipinski definition) is 3. The highest BCUT2D eigenvalue weighted by molar-refractivity contribution is 7.89. The Morgan fingerprint density at radius 2 is 2.20 bits per heavy atom. The van der Waals surface area contributed by atoms with Gasteiger partial charge in [-0.15, -0.1) is 6.58 Å². The molecule has 0 spiro atoms. The van der Waals surface area contributed by atoms with Crippen molar-refractivity contribution < 1.29 is 13.2 Å². The van der Waals surface area contributed by atoms with Gasteiger partial charge in [0.25, 0.3) is 0 Å². The van der Waals surface area contributed by atoms with E-state index in [9.17, 15) is 8.42 Å². The first-order valence-electron chi connectivity index (χ1n) is 5.14. The monoisotopic (exact) mass is 233 g/mol. The third-order valence-corrected chi connectivity index (χ3v) is 4.14. The van der Waals surface area contributed by atoms with E-state index in [0.717, 1.165) is 12.8 Å². The van der Waals surface area contributed by atoms with Gasteiger partial charge < -0.3 is 4.74 Å². The zero-order valence-corrected chi connectivity index (χ0v) is 9.87. The molecule has 15 heavy (non-hydrogen) atoms. The molecular formula is C10H19NO3S. The molecule has 2 N–H and O–H groups in total. The van der Waals surface area contributed by atoms with Gasteiger partial charge in [0.15, 0.2) is 0 Å². The predicted octanol–water partition coefficient (Wildman–Crippen LogP) is 1.03. The molecule has 0 amide bonds. The molecule has 0 aromatic carbocycles. The average Bonchev–Trinajstić information content (AvgIpc) is 2.93. The van der Waals surface area contributed by atoms with Gasteiger partial charge in [-0.2, -0.15) is 0 Å². The topological polar surface area (TPSA) is 69.4 Å². The molecule has 1 fully saturated rings. The second kappa shape index (κ2) is 5.09. The molecule has 1 saturated carbocycles. The molecule has 0 radical (unpaired) electrons. The number of hydrogen-bond donors (Lipinski definition) is 1. The standard InChI is InChI=1S/C10H19NO3S/c1-3-4-9(14-2)10(15(11,12)13)7-8-5-6-8/h3,8-10H,1,4-7H2,2H3,(H2,11,12,13)/t9-,10+/m0/s1. The minimum absolute atomic E-state index is 0.363. The lowest BCUT2D eigenvalue weighted by molar-refractivity contribution is 0.0971. The Labute approximate surface area is 91.5 Å². The van der Waals surface area contributed by atoms with Gasteiger partial charge in [0.1, 0.15) is 5.25 Å². The van der Waals surface area contributed by atoms with Gasteiger partial charge in [-0.25, -0.2) is 13.6 Å². The normalized spacial score (nSPS) is 20.9. The van der Waals surface area contributed by atoms with E-state index in [-0.39, 0.29) is 6.10 Å². The molecule has 5 heteroatoms. The summed E-state index contributed by atoms with van der Waals surface area (Å²) in [5.41, 5.74) is 0. The fraction of sp³-hybridized carbons (Fsp3) is 0.800. The Morgan fingerprint density at radius 3 is 2.53 bits per heavy atom. The first-order chi connectivity index (χ1) is 6.99. The molecule has 0 aromatic rings. The summed E-state index contributed by atoms with van der Waals surface area (Å²) < 4.78 is 28.0. The zero-order valence-electron chi connectivity index (χ0n) is 9.06. The van der Waals surface area contributed by atoms with Crippen LogP contribution < -0.4 is 5.14 Å². The van der Waals surface area contributed by atoms with Crippen molar-refractivity contribution in [1.29, 1.82) is 0 Å². The van der Waals surface area contributed by atoms with Gasteiger partial charge in [-0.05, 0) is 18.8 Å². The lowest BCUT2D eigenvalue weighted by atomic mass is 10.1. The van der Waals surface area contributed by atoms with Crippen LogP contribution in [0.1, 0.15) is 25.7 Å². The van der Waals surface area contributed by atoms with Crippen molar-refractivity contribution in [3.63, 3.8) is 0 Å². The number of primary sulfonamides is 1. The van der Waals surface area contributed by atoms with Crippen LogP contribution in [0.4, 0.5) is 0 Å². The van der Waals surface area contributed by atoms with E-state index in [1.807, 2.05) is 0 Å². The van der Waals surface area contributed by atoms with Gasteiger partial charge in [0.05, 0.1) is 6.10 Å². The maximum Gasteiger partial charge on any atom is 0.214 e. The molecule has 2 atom stereocenters. The second-order valence-electron chi connectivity index (χ2n) is 4.11. The Kier molecular flexibility index (Phi) is 4.31. The maximum atomic E-state index is 11.4. The summed E-state index contributed by atoms with van der Waals surface area (Å²) in [5.74, 6) is 0.510. The van der Waals surface area contributed by atoms with Crippen molar-refractivity contribution in [3.8, 4) is 0 Å². The molecule has 0 aromatic heterocycles. The minimum Gasteiger partial charge on any atom is -0.380 e. The summed E-state index contributed by atoms with van der Waals surface area (Å²) in [6, 6.07) is 0. The molecule has 0 aliphatic heterocycles. The first kappa shape index (κ1) is 12.7. The van der Waals surface area contributed by atoms with Gasteiger partial charge in [-0.1, -0.05) is 18.9 Å². The molecule has 4 nitrogen and oxygen atoms in total. The molecule has 1 rings (SSSR count). The van der Waals surface area contributed by atoms with Gasteiger partial charge in [0.2, 0.25) is 10.0 Å². The third kappa shape index (κ3) is 3.93. The highest BCUT2D eigenvalue weighted by Crippen LogP contribution is 2.36. The summed E-state index contributed by atoms with van der Waals surface area (Å²) in [5, 5.41) is 4.63. The molecule has 1 aliphatic carbocycles.